The van der Waals surface area contributed by atoms with Crippen molar-refractivity contribution in [3.63, 3.8) is 0 Å². The van der Waals surface area contributed by atoms with Crippen LogP contribution in [0.25, 0.3) is 0 Å². The number of anilines is 1. The number of phenols is 1. The third-order valence-corrected chi connectivity index (χ3v) is 5.21. The summed E-state index contributed by atoms with van der Waals surface area (Å²) in [4.78, 5) is 27.1. The molecule has 2 aliphatic rings. The Morgan fingerprint density at radius 3 is 2.77 bits per heavy atom. The van der Waals surface area contributed by atoms with Crippen LogP contribution in [-0.2, 0) is 0 Å². The van der Waals surface area contributed by atoms with Crippen molar-refractivity contribution >= 4 is 17.5 Å². The zero-order chi connectivity index (χ0) is 18.3. The average molecular weight is 355 g/mol. The number of carbonyl (C=O) groups is 2. The van der Waals surface area contributed by atoms with Crippen molar-refractivity contribution in [2.24, 2.45) is 5.92 Å². The van der Waals surface area contributed by atoms with Crippen molar-refractivity contribution in [3.8, 4) is 5.75 Å². The number of nitrogens with one attached hydrogen (secondary N) is 1. The molecule has 2 N–H and O–H groups in total. The van der Waals surface area contributed by atoms with Crippen molar-refractivity contribution in [1.29, 1.82) is 0 Å². The number of amides is 2. The van der Waals surface area contributed by atoms with E-state index in [1.807, 2.05) is 4.90 Å². The molecule has 0 radical (unpaired) electrons. The van der Waals surface area contributed by atoms with Gasteiger partial charge in [0.1, 0.15) is 17.1 Å². The molecule has 1 atom stereocenters. The normalized spacial score (nSPS) is 19.6. The van der Waals surface area contributed by atoms with Gasteiger partial charge in [0.15, 0.2) is 0 Å². The number of likely N-dealkylation sites (tertiary alicyclic amines) is 1. The van der Waals surface area contributed by atoms with E-state index < -0.39 is 0 Å². The summed E-state index contributed by atoms with van der Waals surface area (Å²) in [5.41, 5.74) is 0.996. The fraction of sp³-hybridized carbons (Fsp3) is 0.421. The van der Waals surface area contributed by atoms with Gasteiger partial charge in [0.05, 0.1) is 11.8 Å². The number of aryl methyl sites for hydroxylation is 1. The van der Waals surface area contributed by atoms with Crippen LogP contribution < -0.4 is 5.32 Å². The summed E-state index contributed by atoms with van der Waals surface area (Å²) in [7, 11) is 0. The molecule has 1 saturated carbocycles. The third-order valence-electron chi connectivity index (χ3n) is 5.21. The third kappa shape index (κ3) is 3.05. The highest BCUT2D eigenvalue weighted by molar-refractivity contribution is 6.06. The zero-order valence-electron chi connectivity index (χ0n) is 14.6. The Labute approximate surface area is 151 Å². The molecular weight excluding hydrogens is 334 g/mol. The van der Waals surface area contributed by atoms with Crippen LogP contribution in [0.1, 0.15) is 52.2 Å². The zero-order valence-corrected chi connectivity index (χ0v) is 14.6. The second-order valence-electron chi connectivity index (χ2n) is 7.03. The van der Waals surface area contributed by atoms with Gasteiger partial charge in [-0.1, -0.05) is 5.16 Å². The lowest BCUT2D eigenvalue weighted by Crippen LogP contribution is -2.36. The van der Waals surface area contributed by atoms with E-state index in [9.17, 15) is 14.7 Å². The Kier molecular flexibility index (Phi) is 4.14. The second-order valence-corrected chi connectivity index (χ2v) is 7.03. The van der Waals surface area contributed by atoms with Crippen molar-refractivity contribution in [2.75, 3.05) is 11.9 Å². The van der Waals surface area contributed by atoms with Gasteiger partial charge >= 0.3 is 0 Å². The maximum absolute atomic E-state index is 13.0. The highest BCUT2D eigenvalue weighted by atomic mass is 16.5. The van der Waals surface area contributed by atoms with E-state index in [2.05, 4.69) is 10.5 Å². The summed E-state index contributed by atoms with van der Waals surface area (Å²) in [6.45, 7) is 2.37. The van der Waals surface area contributed by atoms with E-state index in [1.165, 1.54) is 31.2 Å². The molecule has 2 amide bonds. The van der Waals surface area contributed by atoms with Crippen LogP contribution in [0.5, 0.6) is 5.75 Å². The quantitative estimate of drug-likeness (QED) is 0.822. The summed E-state index contributed by atoms with van der Waals surface area (Å²) in [5.74, 6) is 0.402. The molecule has 4 rings (SSSR count). The van der Waals surface area contributed by atoms with Crippen LogP contribution in [-0.4, -0.2) is 39.6 Å². The fourth-order valence-electron chi connectivity index (χ4n) is 3.67. The first-order chi connectivity index (χ1) is 12.5. The lowest BCUT2D eigenvalue weighted by atomic mass is 10.1. The van der Waals surface area contributed by atoms with Gasteiger partial charge in [0.25, 0.3) is 11.8 Å². The molecule has 7 nitrogen and oxygen atoms in total. The lowest BCUT2D eigenvalue weighted by Gasteiger charge is -2.25. The van der Waals surface area contributed by atoms with Gasteiger partial charge in [-0.25, -0.2) is 0 Å². The molecular formula is C19H21N3O4. The highest BCUT2D eigenvalue weighted by Gasteiger charge is 2.40. The molecule has 1 saturated heterocycles. The largest absolute Gasteiger partial charge is 0.507 e. The van der Waals surface area contributed by atoms with E-state index in [-0.39, 0.29) is 29.2 Å². The fourth-order valence-corrected chi connectivity index (χ4v) is 3.67. The van der Waals surface area contributed by atoms with E-state index >= 15 is 0 Å². The summed E-state index contributed by atoms with van der Waals surface area (Å²) in [5, 5.41) is 16.5. The maximum Gasteiger partial charge on any atom is 0.260 e. The number of rotatable bonds is 4. The van der Waals surface area contributed by atoms with Crippen LogP contribution in [0.4, 0.5) is 5.69 Å². The van der Waals surface area contributed by atoms with Gasteiger partial charge < -0.3 is 19.8 Å². The SMILES string of the molecule is Cc1oncc1C(=O)Nc1ccc(O)c(C(=O)N2CCCC2C2CC2)c1. The van der Waals surface area contributed by atoms with Gasteiger partial charge in [0.2, 0.25) is 0 Å². The molecule has 2 fully saturated rings. The Hall–Kier alpha value is -2.83. The average Bonchev–Trinajstić information content (AvgIpc) is 3.18. The van der Waals surface area contributed by atoms with Crippen LogP contribution in [0, 0.1) is 12.8 Å². The second kappa shape index (κ2) is 6.48. The highest BCUT2D eigenvalue weighted by Crippen LogP contribution is 2.41. The summed E-state index contributed by atoms with van der Waals surface area (Å²) in [6, 6.07) is 4.81. The number of aromatic hydroxyl groups is 1. The maximum atomic E-state index is 13.0. The first kappa shape index (κ1) is 16.6. The minimum Gasteiger partial charge on any atom is -0.507 e. The van der Waals surface area contributed by atoms with Crippen molar-refractivity contribution in [1.82, 2.24) is 10.1 Å². The smallest absolute Gasteiger partial charge is 0.260 e. The monoisotopic (exact) mass is 355 g/mol. The number of benzene rings is 1. The minimum atomic E-state index is -0.370. The molecule has 1 aromatic carbocycles. The molecule has 0 bridgehead atoms. The minimum absolute atomic E-state index is 0.0735. The standard InChI is InChI=1S/C19H21N3O4/c1-11-15(10-20-26-11)18(24)21-13-6-7-17(23)14(9-13)19(25)22-8-2-3-16(22)12-4-5-12/h6-7,9-10,12,16,23H,2-5,8H2,1H3,(H,21,24). The molecule has 1 unspecified atom stereocenters. The molecule has 1 aromatic heterocycles. The summed E-state index contributed by atoms with van der Waals surface area (Å²) >= 11 is 0. The van der Waals surface area contributed by atoms with Crippen LogP contribution >= 0.6 is 0 Å². The molecule has 136 valence electrons. The van der Waals surface area contributed by atoms with E-state index in [0.29, 0.717) is 22.9 Å². The Bertz CT molecular complexity index is 856. The van der Waals surface area contributed by atoms with E-state index in [0.717, 1.165) is 19.4 Å². The van der Waals surface area contributed by atoms with Crippen molar-refractivity contribution < 1.29 is 19.2 Å². The topological polar surface area (TPSA) is 95.7 Å². The van der Waals surface area contributed by atoms with Crippen molar-refractivity contribution in [3.05, 3.63) is 41.3 Å². The first-order valence-corrected chi connectivity index (χ1v) is 8.91. The number of hydrogen-bond donors (Lipinski definition) is 2. The number of aromatic nitrogens is 1. The molecule has 26 heavy (non-hydrogen) atoms. The summed E-state index contributed by atoms with van der Waals surface area (Å²) < 4.78 is 4.90. The molecule has 2 aromatic rings. The number of hydrogen-bond acceptors (Lipinski definition) is 5. The Morgan fingerprint density at radius 2 is 2.08 bits per heavy atom. The van der Waals surface area contributed by atoms with Crippen LogP contribution in [0.3, 0.4) is 0 Å². The number of carbonyl (C=O) groups excluding carboxylic acids is 2. The van der Waals surface area contributed by atoms with Crippen LogP contribution in [0.15, 0.2) is 28.9 Å². The van der Waals surface area contributed by atoms with Gasteiger partial charge in [0, 0.05) is 18.3 Å². The molecule has 1 aliphatic carbocycles. The van der Waals surface area contributed by atoms with Gasteiger partial charge in [-0.15, -0.1) is 0 Å². The van der Waals surface area contributed by atoms with E-state index in [4.69, 9.17) is 4.52 Å². The molecule has 2 heterocycles. The van der Waals surface area contributed by atoms with Crippen molar-refractivity contribution in [2.45, 2.75) is 38.6 Å². The van der Waals surface area contributed by atoms with Gasteiger partial charge in [-0.3, -0.25) is 9.59 Å². The van der Waals surface area contributed by atoms with Crippen LogP contribution in [0.2, 0.25) is 0 Å². The predicted molar refractivity (Wildman–Crippen MR) is 94.1 cm³/mol. The Morgan fingerprint density at radius 1 is 1.27 bits per heavy atom. The lowest BCUT2D eigenvalue weighted by molar-refractivity contribution is 0.0717. The Balaban J connectivity index is 1.55. The number of nitrogens with zero attached hydrogens (tertiary/aromatic N) is 2. The molecule has 0 spiro atoms. The van der Waals surface area contributed by atoms with E-state index in [1.54, 1.807) is 13.0 Å². The molecule has 1 aliphatic heterocycles. The predicted octanol–water partition coefficient (Wildman–Crippen LogP) is 2.96. The first-order valence-electron chi connectivity index (χ1n) is 8.91. The van der Waals surface area contributed by atoms with Gasteiger partial charge in [-0.2, -0.15) is 0 Å². The number of phenolic OH excluding ortho intramolecular Hbond substituents is 1. The van der Waals surface area contributed by atoms with Gasteiger partial charge in [-0.05, 0) is 56.7 Å². The molecule has 7 heteroatoms. The summed E-state index contributed by atoms with van der Waals surface area (Å²) in [6.07, 6.45) is 5.72.